The van der Waals surface area contributed by atoms with Gasteiger partial charge in [-0.1, -0.05) is 6.58 Å². The molecule has 0 aromatic heterocycles. The second-order valence-corrected chi connectivity index (χ2v) is 6.23. The molecule has 2 heterocycles. The molecule has 0 atom stereocenters. The molecule has 0 bridgehead atoms. The van der Waals surface area contributed by atoms with Gasteiger partial charge in [-0.2, -0.15) is 0 Å². The van der Waals surface area contributed by atoms with Gasteiger partial charge in [-0.15, -0.1) is 0 Å². The normalized spacial score (nSPS) is 17.2. The lowest BCUT2D eigenvalue weighted by Crippen LogP contribution is -2.36. The summed E-state index contributed by atoms with van der Waals surface area (Å²) in [4.78, 5) is 40.2. The summed E-state index contributed by atoms with van der Waals surface area (Å²) < 4.78 is 0. The van der Waals surface area contributed by atoms with Crippen LogP contribution < -0.4 is 0 Å². The predicted molar refractivity (Wildman–Crippen MR) is 82.4 cm³/mol. The molecule has 1 aromatic rings. The Morgan fingerprint density at radius 1 is 0.727 bits per heavy atom. The molecule has 22 heavy (non-hydrogen) atoms. The van der Waals surface area contributed by atoms with Crippen LogP contribution in [0.1, 0.15) is 64.3 Å². The molecule has 3 rings (SSSR count). The Balaban J connectivity index is 2.16. The van der Waals surface area contributed by atoms with Crippen molar-refractivity contribution >= 4 is 23.4 Å². The van der Waals surface area contributed by atoms with Gasteiger partial charge in [0.25, 0.3) is 17.7 Å². The highest BCUT2D eigenvalue weighted by Gasteiger charge is 2.41. The molecule has 1 aromatic carbocycles. The number of hydrogen-bond donors (Lipinski definition) is 0. The van der Waals surface area contributed by atoms with Gasteiger partial charge in [0.15, 0.2) is 0 Å². The highest BCUT2D eigenvalue weighted by Crippen LogP contribution is 2.37. The minimum Gasteiger partial charge on any atom is -0.306 e. The lowest BCUT2D eigenvalue weighted by molar-refractivity contribution is 0.0609. The summed E-state index contributed by atoms with van der Waals surface area (Å²) in [5, 5.41) is 0. The predicted octanol–water partition coefficient (Wildman–Crippen LogP) is 2.53. The summed E-state index contributed by atoms with van der Waals surface area (Å²) in [6.45, 7) is 11.4. The molecule has 5 heteroatoms. The molecule has 2 aliphatic rings. The van der Waals surface area contributed by atoms with Crippen LogP contribution in [0.2, 0.25) is 0 Å². The second kappa shape index (κ2) is 4.53. The topological polar surface area (TPSA) is 57.7 Å². The van der Waals surface area contributed by atoms with Crippen LogP contribution in [0.15, 0.2) is 18.7 Å². The molecule has 114 valence electrons. The fourth-order valence-corrected chi connectivity index (χ4v) is 3.12. The lowest BCUT2D eigenvalue weighted by Gasteiger charge is -2.21. The molecule has 3 amide bonds. The van der Waals surface area contributed by atoms with Gasteiger partial charge in [0.1, 0.15) is 0 Å². The zero-order chi connectivity index (χ0) is 16.3. The third kappa shape index (κ3) is 1.68. The van der Waals surface area contributed by atoms with E-state index in [1.54, 1.807) is 30.9 Å². The fraction of sp³-hybridized carbons (Fsp3) is 0.353. The number of fused-ring (bicyclic) bond motifs is 2. The van der Waals surface area contributed by atoms with Crippen molar-refractivity contribution < 1.29 is 14.4 Å². The first-order valence-electron chi connectivity index (χ1n) is 7.34. The minimum absolute atomic E-state index is 0.0270. The van der Waals surface area contributed by atoms with Crippen LogP contribution in [0.4, 0.5) is 0 Å². The van der Waals surface area contributed by atoms with E-state index >= 15 is 0 Å². The largest absolute Gasteiger partial charge is 0.306 e. The van der Waals surface area contributed by atoms with E-state index in [1.165, 1.54) is 4.90 Å². The van der Waals surface area contributed by atoms with E-state index in [1.807, 2.05) is 13.8 Å². The van der Waals surface area contributed by atoms with Crippen LogP contribution in [0, 0.1) is 0 Å². The third-order valence-corrected chi connectivity index (χ3v) is 4.14. The Kier molecular flexibility index (Phi) is 2.99. The fourth-order valence-electron chi connectivity index (χ4n) is 3.12. The first-order valence-corrected chi connectivity index (χ1v) is 7.34. The van der Waals surface area contributed by atoms with Crippen molar-refractivity contribution in [3.05, 3.63) is 41.0 Å². The highest BCUT2D eigenvalue weighted by atomic mass is 16.2. The summed E-state index contributed by atoms with van der Waals surface area (Å²) >= 11 is 0. The molecule has 0 spiro atoms. The Morgan fingerprint density at radius 2 is 1.09 bits per heavy atom. The average Bonchev–Trinajstić information content (AvgIpc) is 2.82. The molecule has 0 aliphatic carbocycles. The van der Waals surface area contributed by atoms with Crippen molar-refractivity contribution in [1.29, 1.82) is 0 Å². The molecular formula is C17H18N2O3. The third-order valence-electron chi connectivity index (χ3n) is 4.14. The Morgan fingerprint density at radius 3 is 1.55 bits per heavy atom. The molecule has 0 saturated carbocycles. The smallest absolute Gasteiger partial charge is 0.261 e. The van der Waals surface area contributed by atoms with Crippen LogP contribution in [0.25, 0.3) is 5.70 Å². The van der Waals surface area contributed by atoms with Gasteiger partial charge >= 0.3 is 0 Å². The quantitative estimate of drug-likeness (QED) is 0.788. The SMILES string of the molecule is C=C1c2cc3c(cc2C(=O)N1C(C)C)C(=O)N(C(C)C)C3=O. The van der Waals surface area contributed by atoms with E-state index in [0.717, 1.165) is 0 Å². The van der Waals surface area contributed by atoms with Gasteiger partial charge in [-0.05, 0) is 39.8 Å². The summed E-state index contributed by atoms with van der Waals surface area (Å²) in [7, 11) is 0. The number of imide groups is 1. The van der Waals surface area contributed by atoms with Crippen molar-refractivity contribution in [2.75, 3.05) is 0 Å². The zero-order valence-electron chi connectivity index (χ0n) is 13.1. The number of rotatable bonds is 2. The van der Waals surface area contributed by atoms with Crippen LogP contribution in [0.3, 0.4) is 0 Å². The first kappa shape index (κ1) is 14.5. The van der Waals surface area contributed by atoms with Gasteiger partial charge < -0.3 is 4.90 Å². The Labute approximate surface area is 129 Å². The van der Waals surface area contributed by atoms with Gasteiger partial charge in [0.05, 0.1) is 16.7 Å². The number of nitrogens with zero attached hydrogens (tertiary/aromatic N) is 2. The van der Waals surface area contributed by atoms with E-state index in [0.29, 0.717) is 28.0 Å². The summed E-state index contributed by atoms with van der Waals surface area (Å²) in [5.74, 6) is -0.804. The molecule has 0 fully saturated rings. The van der Waals surface area contributed by atoms with Crippen molar-refractivity contribution in [3.8, 4) is 0 Å². The molecule has 0 radical (unpaired) electrons. The number of benzene rings is 1. The van der Waals surface area contributed by atoms with Gasteiger partial charge in [-0.3, -0.25) is 19.3 Å². The van der Waals surface area contributed by atoms with E-state index < -0.39 is 0 Å². The summed E-state index contributed by atoms with van der Waals surface area (Å²) in [6.07, 6.45) is 0. The maximum Gasteiger partial charge on any atom is 0.261 e. The standard InChI is InChI=1S/C17H18N2O3/c1-8(2)18-10(5)11-6-13-14(7-12(11)15(18)20)17(22)19(9(3)4)16(13)21/h6-9H,5H2,1-4H3. The van der Waals surface area contributed by atoms with Crippen LogP contribution >= 0.6 is 0 Å². The highest BCUT2D eigenvalue weighted by molar-refractivity contribution is 6.23. The maximum atomic E-state index is 12.5. The van der Waals surface area contributed by atoms with E-state index in [4.69, 9.17) is 0 Å². The first-order chi connectivity index (χ1) is 10.3. The molecular weight excluding hydrogens is 280 g/mol. The lowest BCUT2D eigenvalue weighted by atomic mass is 10.0. The molecule has 2 aliphatic heterocycles. The van der Waals surface area contributed by atoms with Crippen molar-refractivity contribution in [2.45, 2.75) is 39.8 Å². The van der Waals surface area contributed by atoms with Gasteiger partial charge in [0, 0.05) is 23.3 Å². The number of carbonyl (C=O) groups excluding carboxylic acids is 3. The van der Waals surface area contributed by atoms with E-state index in [-0.39, 0.29) is 29.8 Å². The number of hydrogen-bond acceptors (Lipinski definition) is 3. The van der Waals surface area contributed by atoms with E-state index in [9.17, 15) is 14.4 Å². The second-order valence-electron chi connectivity index (χ2n) is 6.23. The molecule has 0 saturated heterocycles. The average molecular weight is 298 g/mol. The minimum atomic E-state index is -0.334. The van der Waals surface area contributed by atoms with E-state index in [2.05, 4.69) is 6.58 Å². The molecule has 0 N–H and O–H groups in total. The Hall–Kier alpha value is -2.43. The zero-order valence-corrected chi connectivity index (χ0v) is 13.1. The van der Waals surface area contributed by atoms with Crippen molar-refractivity contribution in [2.24, 2.45) is 0 Å². The number of amides is 3. The molecule has 0 unspecified atom stereocenters. The van der Waals surface area contributed by atoms with Gasteiger partial charge in [-0.25, -0.2) is 0 Å². The van der Waals surface area contributed by atoms with Gasteiger partial charge in [0.2, 0.25) is 0 Å². The van der Waals surface area contributed by atoms with Crippen molar-refractivity contribution in [3.63, 3.8) is 0 Å². The number of carbonyl (C=O) groups is 3. The van der Waals surface area contributed by atoms with Crippen molar-refractivity contribution in [1.82, 2.24) is 9.80 Å². The van der Waals surface area contributed by atoms with Crippen LogP contribution in [-0.4, -0.2) is 39.6 Å². The summed E-state index contributed by atoms with van der Waals surface area (Å²) in [5.41, 5.74) is 2.34. The summed E-state index contributed by atoms with van der Waals surface area (Å²) in [6, 6.07) is 2.94. The van der Waals surface area contributed by atoms with Crippen LogP contribution in [-0.2, 0) is 0 Å². The maximum absolute atomic E-state index is 12.5. The monoisotopic (exact) mass is 298 g/mol. The Bertz CT molecular complexity index is 632. The van der Waals surface area contributed by atoms with Crippen LogP contribution in [0.5, 0.6) is 0 Å². The molecule has 5 nitrogen and oxygen atoms in total.